The van der Waals surface area contributed by atoms with Gasteiger partial charge in [-0.15, -0.1) is 4.80 Å². The van der Waals surface area contributed by atoms with Crippen LogP contribution in [0.25, 0.3) is 5.69 Å². The van der Waals surface area contributed by atoms with Gasteiger partial charge in [0.2, 0.25) is 0 Å². The molecule has 0 aliphatic carbocycles. The fourth-order valence-corrected chi connectivity index (χ4v) is 4.56. The molecular formula is C21H20N8O2. The predicted molar refractivity (Wildman–Crippen MR) is 110 cm³/mol. The Morgan fingerprint density at radius 1 is 1.13 bits per heavy atom. The lowest BCUT2D eigenvalue weighted by molar-refractivity contribution is 0.0716. The molecule has 2 fully saturated rings. The van der Waals surface area contributed by atoms with Crippen molar-refractivity contribution in [2.45, 2.75) is 24.9 Å². The van der Waals surface area contributed by atoms with Gasteiger partial charge in [-0.05, 0) is 25.0 Å². The Hall–Kier alpha value is -4.00. The summed E-state index contributed by atoms with van der Waals surface area (Å²) in [4.78, 5) is 27.6. The summed E-state index contributed by atoms with van der Waals surface area (Å²) in [7, 11) is 1.55. The predicted octanol–water partition coefficient (Wildman–Crippen LogP) is 1.43. The number of hydrogen-bond acceptors (Lipinski definition) is 8. The third-order valence-electron chi connectivity index (χ3n) is 5.89. The van der Waals surface area contributed by atoms with Crippen molar-refractivity contribution in [1.29, 1.82) is 5.26 Å². The lowest BCUT2D eigenvalue weighted by Crippen LogP contribution is -2.56. The number of anilines is 1. The molecule has 31 heavy (non-hydrogen) atoms. The molecule has 2 unspecified atom stereocenters. The number of amides is 1. The quantitative estimate of drug-likeness (QED) is 0.628. The van der Waals surface area contributed by atoms with Gasteiger partial charge in [0, 0.05) is 37.6 Å². The summed E-state index contributed by atoms with van der Waals surface area (Å²) in [6.07, 6.45) is 9.85. The molecule has 0 aromatic carbocycles. The molecule has 5 rings (SSSR count). The number of pyridine rings is 2. The fraction of sp³-hybridized carbons (Fsp3) is 0.333. The molecule has 0 N–H and O–H groups in total. The molecule has 0 radical (unpaired) electrons. The zero-order valence-corrected chi connectivity index (χ0v) is 16.9. The van der Waals surface area contributed by atoms with Crippen LogP contribution in [0, 0.1) is 11.3 Å². The van der Waals surface area contributed by atoms with Crippen LogP contribution in [0.4, 0.5) is 5.82 Å². The standard InChI is InChI=1S/C21H20N8O2/c1-31-19-14(10-22)4-7-24-20(19)28-15-2-3-16(28)13-27(12-15)21(30)17-5-6-23-11-18(17)29-25-8-9-26-29/h4-9,11,15-16H,2-3,12-13H2,1H3. The van der Waals surface area contributed by atoms with E-state index in [9.17, 15) is 10.1 Å². The maximum Gasteiger partial charge on any atom is 0.256 e. The summed E-state index contributed by atoms with van der Waals surface area (Å²) in [6.45, 7) is 1.12. The third-order valence-corrected chi connectivity index (χ3v) is 5.89. The highest BCUT2D eigenvalue weighted by atomic mass is 16.5. The first-order chi connectivity index (χ1) is 15.2. The first-order valence-electron chi connectivity index (χ1n) is 10.0. The van der Waals surface area contributed by atoms with E-state index in [1.165, 1.54) is 4.80 Å². The van der Waals surface area contributed by atoms with Crippen molar-refractivity contribution in [3.63, 3.8) is 0 Å². The number of hydrogen-bond donors (Lipinski definition) is 0. The number of likely N-dealkylation sites (tertiary alicyclic amines) is 1. The average Bonchev–Trinajstić information content (AvgIpc) is 3.44. The second-order valence-corrected chi connectivity index (χ2v) is 7.54. The average molecular weight is 416 g/mol. The van der Waals surface area contributed by atoms with E-state index < -0.39 is 0 Å². The molecule has 0 saturated carbocycles. The van der Waals surface area contributed by atoms with Crippen LogP contribution in [0.15, 0.2) is 43.1 Å². The molecule has 3 aromatic rings. The number of methoxy groups -OCH3 is 1. The minimum Gasteiger partial charge on any atom is -0.492 e. The summed E-state index contributed by atoms with van der Waals surface area (Å²) in [5.41, 5.74) is 1.53. The van der Waals surface area contributed by atoms with Crippen LogP contribution in [0.2, 0.25) is 0 Å². The number of piperazine rings is 1. The van der Waals surface area contributed by atoms with E-state index in [0.717, 1.165) is 12.8 Å². The van der Waals surface area contributed by atoms with E-state index in [2.05, 4.69) is 31.1 Å². The van der Waals surface area contributed by atoms with Crippen LogP contribution < -0.4 is 9.64 Å². The summed E-state index contributed by atoms with van der Waals surface area (Å²) in [5.74, 6) is 1.09. The Bertz CT molecular complexity index is 1140. The molecular weight excluding hydrogens is 396 g/mol. The fourth-order valence-electron chi connectivity index (χ4n) is 4.56. The van der Waals surface area contributed by atoms with Crippen LogP contribution in [-0.2, 0) is 0 Å². The number of carbonyl (C=O) groups excluding carboxylic acids is 1. The second kappa shape index (κ2) is 7.68. The molecule has 156 valence electrons. The van der Waals surface area contributed by atoms with E-state index in [0.29, 0.717) is 41.5 Å². The lowest BCUT2D eigenvalue weighted by atomic mass is 10.1. The summed E-state index contributed by atoms with van der Waals surface area (Å²) < 4.78 is 5.51. The third kappa shape index (κ3) is 3.15. The van der Waals surface area contributed by atoms with Gasteiger partial charge >= 0.3 is 0 Å². The van der Waals surface area contributed by atoms with Crippen molar-refractivity contribution >= 4 is 11.7 Å². The Morgan fingerprint density at radius 2 is 1.87 bits per heavy atom. The Labute approximate surface area is 178 Å². The van der Waals surface area contributed by atoms with Crippen molar-refractivity contribution < 1.29 is 9.53 Å². The minimum absolute atomic E-state index is 0.0723. The van der Waals surface area contributed by atoms with Crippen molar-refractivity contribution in [3.05, 3.63) is 54.2 Å². The van der Waals surface area contributed by atoms with Gasteiger partial charge in [0.05, 0.1) is 36.8 Å². The van der Waals surface area contributed by atoms with Crippen LogP contribution in [-0.4, -0.2) is 68.1 Å². The maximum atomic E-state index is 13.4. The Kier molecular flexibility index (Phi) is 4.71. The molecule has 3 aromatic heterocycles. The zero-order valence-electron chi connectivity index (χ0n) is 16.9. The smallest absolute Gasteiger partial charge is 0.256 e. The maximum absolute atomic E-state index is 13.4. The van der Waals surface area contributed by atoms with E-state index in [4.69, 9.17) is 4.74 Å². The van der Waals surface area contributed by atoms with Crippen molar-refractivity contribution in [2.24, 2.45) is 0 Å². The van der Waals surface area contributed by atoms with E-state index in [-0.39, 0.29) is 18.0 Å². The summed E-state index contributed by atoms with van der Waals surface area (Å²) >= 11 is 0. The summed E-state index contributed by atoms with van der Waals surface area (Å²) in [5, 5.41) is 17.7. The van der Waals surface area contributed by atoms with Gasteiger partial charge in [0.25, 0.3) is 5.91 Å². The molecule has 1 amide bonds. The number of nitriles is 1. The number of ether oxygens (including phenoxy) is 1. The Morgan fingerprint density at radius 3 is 2.55 bits per heavy atom. The second-order valence-electron chi connectivity index (χ2n) is 7.54. The van der Waals surface area contributed by atoms with E-state index >= 15 is 0 Å². The zero-order chi connectivity index (χ0) is 21.4. The number of fused-ring (bicyclic) bond motifs is 2. The minimum atomic E-state index is -0.0723. The van der Waals surface area contributed by atoms with E-state index in [1.54, 1.807) is 50.2 Å². The highest BCUT2D eigenvalue weighted by Gasteiger charge is 2.43. The lowest BCUT2D eigenvalue weighted by Gasteiger charge is -2.42. The van der Waals surface area contributed by atoms with Crippen molar-refractivity contribution in [2.75, 3.05) is 25.1 Å². The van der Waals surface area contributed by atoms with Gasteiger partial charge in [0.15, 0.2) is 11.6 Å². The monoisotopic (exact) mass is 416 g/mol. The molecule has 2 saturated heterocycles. The van der Waals surface area contributed by atoms with Gasteiger partial charge in [-0.1, -0.05) is 0 Å². The number of carbonyl (C=O) groups is 1. The van der Waals surface area contributed by atoms with Gasteiger partial charge < -0.3 is 14.5 Å². The SMILES string of the molecule is COc1c(C#N)ccnc1N1C2CCC1CN(C(=O)c1ccncc1-n1nccn1)C2. The number of rotatable bonds is 4. The molecule has 2 aliphatic heterocycles. The number of aromatic nitrogens is 5. The normalized spacial score (nSPS) is 19.9. The molecule has 0 spiro atoms. The topological polar surface area (TPSA) is 113 Å². The molecule has 5 heterocycles. The van der Waals surface area contributed by atoms with Crippen LogP contribution in [0.1, 0.15) is 28.8 Å². The van der Waals surface area contributed by atoms with Gasteiger partial charge in [-0.25, -0.2) is 4.98 Å². The van der Waals surface area contributed by atoms with Gasteiger partial charge in [0.1, 0.15) is 11.8 Å². The highest BCUT2D eigenvalue weighted by Crippen LogP contribution is 2.40. The van der Waals surface area contributed by atoms with Crippen LogP contribution in [0.5, 0.6) is 5.75 Å². The van der Waals surface area contributed by atoms with Crippen LogP contribution >= 0.6 is 0 Å². The molecule has 2 aliphatic rings. The molecule has 10 nitrogen and oxygen atoms in total. The van der Waals surface area contributed by atoms with Crippen molar-refractivity contribution in [3.8, 4) is 17.5 Å². The first kappa shape index (κ1) is 19.0. The molecule has 2 bridgehead atoms. The van der Waals surface area contributed by atoms with Crippen LogP contribution in [0.3, 0.4) is 0 Å². The Balaban J connectivity index is 1.43. The number of nitrogens with zero attached hydrogens (tertiary/aromatic N) is 8. The van der Waals surface area contributed by atoms with E-state index in [1.807, 2.05) is 4.90 Å². The summed E-state index contributed by atoms with van der Waals surface area (Å²) in [6, 6.07) is 5.73. The highest BCUT2D eigenvalue weighted by molar-refractivity contribution is 5.97. The largest absolute Gasteiger partial charge is 0.492 e. The van der Waals surface area contributed by atoms with Crippen molar-refractivity contribution in [1.82, 2.24) is 29.9 Å². The first-order valence-corrected chi connectivity index (χ1v) is 10.0. The van der Waals surface area contributed by atoms with Gasteiger partial charge in [-0.3, -0.25) is 9.78 Å². The van der Waals surface area contributed by atoms with Gasteiger partial charge in [-0.2, -0.15) is 15.5 Å². The molecule has 10 heteroatoms. The molecule has 2 atom stereocenters.